The number of hydrogen-bond acceptors (Lipinski definition) is 6. The first-order valence-electron chi connectivity index (χ1n) is 9.64. The molecule has 0 bridgehead atoms. The molecule has 1 heterocycles. The Morgan fingerprint density at radius 3 is 2.71 bits per heavy atom. The summed E-state index contributed by atoms with van der Waals surface area (Å²) in [5.41, 5.74) is 1.93. The summed E-state index contributed by atoms with van der Waals surface area (Å²) in [4.78, 5) is 20.3. The fourth-order valence-electron chi connectivity index (χ4n) is 2.78. The molecule has 164 valence electrons. The van der Waals surface area contributed by atoms with Crippen LogP contribution in [0.3, 0.4) is 0 Å². The zero-order valence-electron chi connectivity index (χ0n) is 17.7. The Morgan fingerprint density at radius 1 is 1.19 bits per heavy atom. The summed E-state index contributed by atoms with van der Waals surface area (Å²) in [6, 6.07) is 11.6. The number of methoxy groups -OCH3 is 1. The lowest BCUT2D eigenvalue weighted by Gasteiger charge is -2.22. The number of halogens is 1. The van der Waals surface area contributed by atoms with Crippen molar-refractivity contribution in [1.29, 1.82) is 0 Å². The first-order chi connectivity index (χ1) is 15.0. The molecule has 0 spiro atoms. The molecule has 0 saturated heterocycles. The van der Waals surface area contributed by atoms with Crippen LogP contribution in [0.25, 0.3) is 11.1 Å². The van der Waals surface area contributed by atoms with Crippen molar-refractivity contribution in [2.24, 2.45) is 0 Å². The third-order valence-corrected chi connectivity index (χ3v) is 4.42. The lowest BCUT2D eigenvalue weighted by Crippen LogP contribution is -2.34. The number of H-pyrrole nitrogens is 1. The van der Waals surface area contributed by atoms with Gasteiger partial charge >= 0.3 is 6.09 Å². The van der Waals surface area contributed by atoms with E-state index in [0.29, 0.717) is 23.4 Å². The lowest BCUT2D eigenvalue weighted by molar-refractivity contribution is 0.0650. The second-order valence-electron chi connectivity index (χ2n) is 6.99. The Bertz CT molecular complexity index is 995. The highest BCUT2D eigenvalue weighted by atomic mass is 19.1. The first kappa shape index (κ1) is 22.3. The first-order valence-corrected chi connectivity index (χ1v) is 9.64. The lowest BCUT2D eigenvalue weighted by atomic mass is 10.1. The third-order valence-electron chi connectivity index (χ3n) is 4.42. The van der Waals surface area contributed by atoms with E-state index in [1.807, 2.05) is 25.1 Å². The topological polar surface area (TPSA) is 79.9 Å². The van der Waals surface area contributed by atoms with Crippen molar-refractivity contribution < 1.29 is 23.5 Å². The maximum atomic E-state index is 14.7. The Kier molecular flexibility index (Phi) is 7.58. The van der Waals surface area contributed by atoms with Crippen LogP contribution in [-0.2, 0) is 16.2 Å². The van der Waals surface area contributed by atoms with Crippen molar-refractivity contribution in [3.8, 4) is 16.9 Å². The predicted molar refractivity (Wildman–Crippen MR) is 114 cm³/mol. The van der Waals surface area contributed by atoms with Crippen molar-refractivity contribution in [3.05, 3.63) is 66.2 Å². The van der Waals surface area contributed by atoms with Crippen LogP contribution in [0.1, 0.15) is 5.56 Å². The number of anilines is 1. The van der Waals surface area contributed by atoms with Crippen molar-refractivity contribution in [1.82, 2.24) is 15.1 Å². The number of aromatic nitrogens is 2. The number of hydrogen-bond donors (Lipinski definition) is 1. The number of benzene rings is 2. The molecule has 0 aliphatic heterocycles. The van der Waals surface area contributed by atoms with Crippen molar-refractivity contribution >= 4 is 11.8 Å². The molecule has 0 radical (unpaired) electrons. The van der Waals surface area contributed by atoms with E-state index in [-0.39, 0.29) is 18.9 Å². The number of likely N-dealkylation sites (N-methyl/N-ethyl adjacent to an activating group) is 1. The van der Waals surface area contributed by atoms with Crippen molar-refractivity contribution in [3.63, 3.8) is 0 Å². The quantitative estimate of drug-likeness (QED) is 0.522. The second-order valence-corrected chi connectivity index (χ2v) is 6.99. The number of hydroxylamine groups is 1. The number of carbonyl (C=O) groups is 1. The van der Waals surface area contributed by atoms with Gasteiger partial charge < -0.3 is 14.4 Å². The third kappa shape index (κ3) is 6.03. The maximum absolute atomic E-state index is 14.7. The Morgan fingerprint density at radius 2 is 2.03 bits per heavy atom. The molecule has 9 heteroatoms. The summed E-state index contributed by atoms with van der Waals surface area (Å²) >= 11 is 0. The Labute approximate surface area is 180 Å². The van der Waals surface area contributed by atoms with Gasteiger partial charge in [0, 0.05) is 29.9 Å². The fraction of sp³-hybridized carbons (Fsp3) is 0.273. The Hall–Kier alpha value is -3.43. The maximum Gasteiger partial charge on any atom is 0.439 e. The van der Waals surface area contributed by atoms with Gasteiger partial charge in [-0.2, -0.15) is 10.2 Å². The van der Waals surface area contributed by atoms with Crippen LogP contribution in [0.15, 0.2) is 54.9 Å². The highest BCUT2D eigenvalue weighted by Crippen LogP contribution is 2.27. The summed E-state index contributed by atoms with van der Waals surface area (Å²) in [7, 11) is 5.33. The average molecular weight is 428 g/mol. The number of aromatic amines is 1. The number of rotatable bonds is 9. The number of amides is 1. The molecule has 2 aromatic carbocycles. The number of nitrogens with zero attached hydrogens (tertiary/aromatic N) is 3. The van der Waals surface area contributed by atoms with Crippen LogP contribution in [-0.4, -0.2) is 55.5 Å². The molecule has 1 aromatic heterocycles. The van der Waals surface area contributed by atoms with Crippen LogP contribution < -0.4 is 9.80 Å². The molecule has 1 N–H and O–H groups in total. The summed E-state index contributed by atoms with van der Waals surface area (Å²) in [6.45, 7) is 0.792. The van der Waals surface area contributed by atoms with Gasteiger partial charge in [-0.3, -0.25) is 9.94 Å². The molecule has 0 atom stereocenters. The minimum atomic E-state index is -0.753. The van der Waals surface area contributed by atoms with Gasteiger partial charge in [-0.05, 0) is 43.9 Å². The van der Waals surface area contributed by atoms with Gasteiger partial charge in [0.25, 0.3) is 0 Å². The summed E-state index contributed by atoms with van der Waals surface area (Å²) in [5.74, 6) is 0.144. The molecule has 0 unspecified atom stereocenters. The molecule has 3 aromatic rings. The molecule has 0 saturated carbocycles. The zero-order chi connectivity index (χ0) is 22.2. The van der Waals surface area contributed by atoms with Gasteiger partial charge in [0.1, 0.15) is 18.2 Å². The molecule has 0 aliphatic carbocycles. The summed E-state index contributed by atoms with van der Waals surface area (Å²) in [5, 5.41) is 7.45. The highest BCUT2D eigenvalue weighted by molar-refractivity contribution is 5.86. The van der Waals surface area contributed by atoms with E-state index >= 15 is 0 Å². The van der Waals surface area contributed by atoms with Gasteiger partial charge in [-0.1, -0.05) is 12.1 Å². The van der Waals surface area contributed by atoms with E-state index in [1.165, 1.54) is 12.3 Å². The van der Waals surface area contributed by atoms with E-state index in [9.17, 15) is 9.18 Å². The number of carbonyl (C=O) groups excluding carboxylic acids is 1. The van der Waals surface area contributed by atoms with E-state index in [1.54, 1.807) is 43.6 Å². The van der Waals surface area contributed by atoms with E-state index in [2.05, 4.69) is 10.2 Å². The second kappa shape index (κ2) is 10.6. The van der Waals surface area contributed by atoms with Crippen LogP contribution in [0.2, 0.25) is 0 Å². The highest BCUT2D eigenvalue weighted by Gasteiger charge is 2.21. The van der Waals surface area contributed by atoms with Crippen LogP contribution in [0, 0.1) is 5.82 Å². The van der Waals surface area contributed by atoms with Crippen molar-refractivity contribution in [2.75, 3.05) is 39.4 Å². The number of nitrogens with one attached hydrogen (secondary N) is 1. The van der Waals surface area contributed by atoms with Gasteiger partial charge in [-0.25, -0.2) is 9.18 Å². The van der Waals surface area contributed by atoms with Crippen molar-refractivity contribution in [2.45, 2.75) is 6.61 Å². The van der Waals surface area contributed by atoms with Gasteiger partial charge in [0.15, 0.2) is 0 Å². The van der Waals surface area contributed by atoms with Gasteiger partial charge in [0.2, 0.25) is 0 Å². The monoisotopic (exact) mass is 428 g/mol. The Balaban J connectivity index is 1.76. The largest absolute Gasteiger partial charge is 0.497 e. The molecular formula is C22H25FN4O4. The fourth-order valence-corrected chi connectivity index (χ4v) is 2.78. The zero-order valence-corrected chi connectivity index (χ0v) is 17.7. The smallest absolute Gasteiger partial charge is 0.439 e. The van der Waals surface area contributed by atoms with Crippen LogP contribution >= 0.6 is 0 Å². The van der Waals surface area contributed by atoms with Crippen LogP contribution in [0.5, 0.6) is 5.75 Å². The molecule has 31 heavy (non-hydrogen) atoms. The van der Waals surface area contributed by atoms with Gasteiger partial charge in [-0.15, -0.1) is 0 Å². The molecule has 0 aliphatic rings. The SMILES string of the molecule is COc1cccc(COC(=O)N(OCCN(C)C)c2ccc(-c3cn[nH]c3)c(F)c2)c1. The summed E-state index contributed by atoms with van der Waals surface area (Å²) in [6.07, 6.45) is 2.36. The summed E-state index contributed by atoms with van der Waals surface area (Å²) < 4.78 is 25.3. The number of ether oxygens (including phenoxy) is 2. The molecular weight excluding hydrogens is 403 g/mol. The minimum Gasteiger partial charge on any atom is -0.497 e. The van der Waals surface area contributed by atoms with E-state index in [4.69, 9.17) is 14.3 Å². The molecule has 0 fully saturated rings. The molecule has 3 rings (SSSR count). The average Bonchev–Trinajstić information content (AvgIpc) is 3.29. The normalized spacial score (nSPS) is 10.9. The van der Waals surface area contributed by atoms with Crippen LogP contribution in [0.4, 0.5) is 14.9 Å². The van der Waals surface area contributed by atoms with E-state index in [0.717, 1.165) is 10.6 Å². The molecule has 1 amide bonds. The van der Waals surface area contributed by atoms with Gasteiger partial charge in [0.05, 0.1) is 25.6 Å². The standard InChI is InChI=1S/C22H25FN4O4/c1-26(2)9-10-31-27(22(28)30-15-16-5-4-6-19(11-16)29-3)18-7-8-20(21(23)12-18)17-13-24-25-14-17/h4-8,11-14H,9-10,15H2,1-3H3,(H,24,25). The predicted octanol–water partition coefficient (Wildman–Crippen LogP) is 3.86. The molecule has 8 nitrogen and oxygen atoms in total. The van der Waals surface area contributed by atoms with E-state index < -0.39 is 11.9 Å². The minimum absolute atomic E-state index is 0.0131.